The fourth-order valence-electron chi connectivity index (χ4n) is 4.62. The molecule has 0 radical (unpaired) electrons. The number of hydrogen-bond acceptors (Lipinski definition) is 11. The van der Waals surface area contributed by atoms with Crippen LogP contribution in [0.15, 0.2) is 30.3 Å². The van der Waals surface area contributed by atoms with Gasteiger partial charge in [0, 0.05) is 14.2 Å². The Kier molecular flexibility index (Phi) is 12.5. The van der Waals surface area contributed by atoms with Gasteiger partial charge in [0.05, 0.1) is 72.7 Å². The average Bonchev–Trinajstić information content (AvgIpc) is 2.92. The van der Waals surface area contributed by atoms with E-state index in [9.17, 15) is 0 Å². The molecule has 1 aliphatic carbocycles. The van der Waals surface area contributed by atoms with Crippen molar-refractivity contribution in [3.8, 4) is 0 Å². The summed E-state index contributed by atoms with van der Waals surface area (Å²) < 4.78 is 63.5. The molecule has 5 rings (SSSR count). The van der Waals surface area contributed by atoms with Crippen LogP contribution in [0.25, 0.3) is 0 Å². The maximum atomic E-state index is 6.25. The third-order valence-electron chi connectivity index (χ3n) is 6.34. The number of ether oxygens (including phenoxy) is 11. The number of methoxy groups -OCH3 is 2. The average molecular weight is 529 g/mol. The van der Waals surface area contributed by atoms with E-state index in [0.717, 1.165) is 5.56 Å². The summed E-state index contributed by atoms with van der Waals surface area (Å²) in [5, 5.41) is 0. The van der Waals surface area contributed by atoms with E-state index in [0.29, 0.717) is 72.7 Å². The van der Waals surface area contributed by atoms with E-state index >= 15 is 0 Å². The van der Waals surface area contributed by atoms with Crippen LogP contribution in [0, 0.1) is 0 Å². The molecule has 4 aliphatic rings. The molecule has 1 aromatic carbocycles. The fraction of sp³-hybridized carbons (Fsp3) is 0.769. The number of benzene rings is 1. The summed E-state index contributed by atoms with van der Waals surface area (Å²) in [6, 6.07) is 10.0. The van der Waals surface area contributed by atoms with Gasteiger partial charge in [-0.25, -0.2) is 0 Å². The highest BCUT2D eigenvalue weighted by atomic mass is 16.9. The Hall–Kier alpha value is -1.22. The van der Waals surface area contributed by atoms with Gasteiger partial charge in [-0.2, -0.15) is 0 Å². The zero-order chi connectivity index (χ0) is 25.7. The lowest BCUT2D eigenvalue weighted by Gasteiger charge is -2.58. The first-order valence-electron chi connectivity index (χ1n) is 12.9. The minimum absolute atomic E-state index is 0.352. The van der Waals surface area contributed by atoms with Gasteiger partial charge in [-0.15, -0.1) is 0 Å². The second-order valence-electron chi connectivity index (χ2n) is 8.85. The zero-order valence-electron chi connectivity index (χ0n) is 21.7. The zero-order valence-corrected chi connectivity index (χ0v) is 21.7. The molecule has 210 valence electrons. The van der Waals surface area contributed by atoms with Crippen molar-refractivity contribution in [3.63, 3.8) is 0 Å². The standard InChI is InChI=1S/C26H40O11/c1-27-8-10-29-12-15-32-20-23-21(33-16-13-30-11-9-28-2)25-22(24(20)36-26(35-23)37-25)34-17-14-31-18-19-6-4-3-5-7-19/h3-7,20-26H,8-18H2,1-2H3/t20?,21?,22-,23+,24+,25?,26?/m1/s1. The second kappa shape index (κ2) is 16.0. The summed E-state index contributed by atoms with van der Waals surface area (Å²) in [7, 11) is 3.28. The lowest BCUT2D eigenvalue weighted by molar-refractivity contribution is -0.488. The summed E-state index contributed by atoms with van der Waals surface area (Å²) >= 11 is 0. The highest BCUT2D eigenvalue weighted by Gasteiger charge is 2.63. The molecule has 1 aromatic rings. The predicted octanol–water partition coefficient (Wildman–Crippen LogP) is 1.16. The molecule has 11 nitrogen and oxygen atoms in total. The summed E-state index contributed by atoms with van der Waals surface area (Å²) in [6.07, 6.45) is -2.24. The van der Waals surface area contributed by atoms with Crippen molar-refractivity contribution in [2.24, 2.45) is 0 Å². The van der Waals surface area contributed by atoms with Crippen molar-refractivity contribution in [1.29, 1.82) is 0 Å². The molecule has 0 amide bonds. The van der Waals surface area contributed by atoms with Gasteiger partial charge in [-0.05, 0) is 5.56 Å². The molecular weight excluding hydrogens is 488 g/mol. The van der Waals surface area contributed by atoms with Gasteiger partial charge in [0.15, 0.2) is 0 Å². The van der Waals surface area contributed by atoms with Gasteiger partial charge in [-0.1, -0.05) is 30.3 Å². The monoisotopic (exact) mass is 528 g/mol. The van der Waals surface area contributed by atoms with Crippen LogP contribution in [-0.4, -0.2) is 123 Å². The Morgan fingerprint density at radius 2 is 0.973 bits per heavy atom. The molecule has 3 aliphatic heterocycles. The maximum Gasteiger partial charge on any atom is 0.272 e. The van der Waals surface area contributed by atoms with Crippen molar-refractivity contribution in [2.45, 2.75) is 49.7 Å². The number of rotatable bonds is 20. The molecule has 4 fully saturated rings. The van der Waals surface area contributed by atoms with E-state index in [4.69, 9.17) is 52.1 Å². The minimum atomic E-state index is -0.759. The summed E-state index contributed by atoms with van der Waals surface area (Å²) in [6.45, 7) is 4.28. The lowest BCUT2D eigenvalue weighted by Crippen LogP contribution is -2.76. The summed E-state index contributed by atoms with van der Waals surface area (Å²) in [5.74, 6) is 0. The molecule has 7 atom stereocenters. The second-order valence-corrected chi connectivity index (χ2v) is 8.85. The molecule has 3 saturated heterocycles. The topological polar surface area (TPSA) is 102 Å². The normalized spacial score (nSPS) is 30.3. The maximum absolute atomic E-state index is 6.25. The van der Waals surface area contributed by atoms with Crippen LogP contribution in [0.4, 0.5) is 0 Å². The first-order chi connectivity index (χ1) is 18.3. The first-order valence-corrected chi connectivity index (χ1v) is 12.9. The predicted molar refractivity (Wildman–Crippen MR) is 129 cm³/mol. The third kappa shape index (κ3) is 8.38. The SMILES string of the molecule is COCCOCCOC1C2OC3O[C@H]1C(OCCOCCOC)[C@H](O3)[C@H]2OCCOCc1ccccc1. The Labute approximate surface area is 218 Å². The van der Waals surface area contributed by atoms with E-state index in [-0.39, 0.29) is 18.3 Å². The molecule has 0 aromatic heterocycles. The van der Waals surface area contributed by atoms with E-state index in [1.165, 1.54) is 0 Å². The summed E-state index contributed by atoms with van der Waals surface area (Å²) in [5.41, 5.74) is 1.11. The lowest BCUT2D eigenvalue weighted by atomic mass is 9.82. The van der Waals surface area contributed by atoms with Crippen molar-refractivity contribution in [1.82, 2.24) is 0 Å². The van der Waals surface area contributed by atoms with E-state index in [1.54, 1.807) is 14.2 Å². The first kappa shape index (κ1) is 28.8. The molecule has 11 heteroatoms. The minimum Gasteiger partial charge on any atom is -0.382 e. The van der Waals surface area contributed by atoms with Crippen molar-refractivity contribution >= 4 is 0 Å². The molecule has 4 unspecified atom stereocenters. The molecular formula is C26H40O11. The molecule has 4 bridgehead atoms. The van der Waals surface area contributed by atoms with Crippen molar-refractivity contribution in [2.75, 3.05) is 80.3 Å². The largest absolute Gasteiger partial charge is 0.382 e. The van der Waals surface area contributed by atoms with Crippen LogP contribution in [0.5, 0.6) is 0 Å². The van der Waals surface area contributed by atoms with E-state index < -0.39 is 24.8 Å². The smallest absolute Gasteiger partial charge is 0.272 e. The van der Waals surface area contributed by atoms with Crippen LogP contribution in [0.3, 0.4) is 0 Å². The highest BCUT2D eigenvalue weighted by molar-refractivity contribution is 5.13. The van der Waals surface area contributed by atoms with Gasteiger partial charge in [0.1, 0.15) is 36.6 Å². The van der Waals surface area contributed by atoms with E-state index in [2.05, 4.69) is 0 Å². The van der Waals surface area contributed by atoms with Crippen LogP contribution in [0.1, 0.15) is 5.56 Å². The molecule has 37 heavy (non-hydrogen) atoms. The Morgan fingerprint density at radius 1 is 0.541 bits per heavy atom. The van der Waals surface area contributed by atoms with Crippen molar-refractivity contribution < 1.29 is 52.1 Å². The Morgan fingerprint density at radius 3 is 1.43 bits per heavy atom. The number of hydrogen-bond donors (Lipinski definition) is 0. The Bertz CT molecular complexity index is 704. The van der Waals surface area contributed by atoms with Gasteiger partial charge in [-0.3, -0.25) is 0 Å². The fourth-order valence-corrected chi connectivity index (χ4v) is 4.62. The van der Waals surface area contributed by atoms with Crippen LogP contribution in [-0.2, 0) is 58.7 Å². The molecule has 1 saturated carbocycles. The van der Waals surface area contributed by atoms with Crippen LogP contribution in [0.2, 0.25) is 0 Å². The third-order valence-corrected chi connectivity index (χ3v) is 6.34. The molecule has 0 N–H and O–H groups in total. The quantitative estimate of drug-likeness (QED) is 0.228. The summed E-state index contributed by atoms with van der Waals surface area (Å²) in [4.78, 5) is 0. The Balaban J connectivity index is 1.30. The van der Waals surface area contributed by atoms with Gasteiger partial charge < -0.3 is 52.1 Å². The molecule has 0 spiro atoms. The van der Waals surface area contributed by atoms with Gasteiger partial charge in [0.2, 0.25) is 0 Å². The van der Waals surface area contributed by atoms with Gasteiger partial charge in [0.25, 0.3) is 6.48 Å². The highest BCUT2D eigenvalue weighted by Crippen LogP contribution is 2.43. The van der Waals surface area contributed by atoms with Crippen molar-refractivity contribution in [3.05, 3.63) is 35.9 Å². The van der Waals surface area contributed by atoms with Gasteiger partial charge >= 0.3 is 0 Å². The van der Waals surface area contributed by atoms with Crippen LogP contribution < -0.4 is 0 Å². The van der Waals surface area contributed by atoms with E-state index in [1.807, 2.05) is 30.3 Å². The van der Waals surface area contributed by atoms with Crippen LogP contribution >= 0.6 is 0 Å². The molecule has 3 heterocycles.